The Morgan fingerprint density at radius 2 is 1.82 bits per heavy atom. The number of rotatable bonds is 4. The molecule has 6 nitrogen and oxygen atoms in total. The number of nitrogens with one attached hydrogen (secondary N) is 1. The van der Waals surface area contributed by atoms with Crippen molar-refractivity contribution in [3.63, 3.8) is 0 Å². The fraction of sp³-hybridized carbons (Fsp3) is 0.0667. The molecule has 0 saturated heterocycles. The van der Waals surface area contributed by atoms with E-state index < -0.39 is 5.82 Å². The van der Waals surface area contributed by atoms with Crippen molar-refractivity contribution in [1.29, 1.82) is 0 Å². The molecule has 1 aliphatic rings. The van der Waals surface area contributed by atoms with E-state index in [1.807, 2.05) is 54.0 Å². The molecule has 1 aliphatic heterocycles. The molecule has 6 aromatic rings. The predicted molar refractivity (Wildman–Crippen MR) is 148 cm³/mol. The van der Waals surface area contributed by atoms with Crippen LogP contribution in [0.4, 0.5) is 15.8 Å². The van der Waals surface area contributed by atoms with Crippen LogP contribution in [-0.2, 0) is 13.1 Å². The number of carbonyl (C=O) groups is 1. The fourth-order valence-electron chi connectivity index (χ4n) is 4.94. The van der Waals surface area contributed by atoms with Crippen LogP contribution >= 0.6 is 11.3 Å². The number of aromatic nitrogens is 3. The Morgan fingerprint density at radius 3 is 2.71 bits per heavy atom. The second-order valence-corrected chi connectivity index (χ2v) is 10.1. The SMILES string of the molecule is O=C(c1ccc(-c2ccc3nccc(Nc4ccc5scnc5c4)c3c2)c(F)c1)N1Cc2ccncc2C1. The third-order valence-electron chi connectivity index (χ3n) is 6.89. The molecule has 7 rings (SSSR count). The lowest BCUT2D eigenvalue weighted by atomic mass is 10.00. The van der Waals surface area contributed by atoms with Crippen molar-refractivity contribution in [2.24, 2.45) is 0 Å². The standard InChI is InChI=1S/C30H20FN5OS/c31-25-12-19(30(37)36-15-20-7-9-32-14-21(20)16-36)1-4-23(25)18-2-5-26-24(11-18)27(8-10-33-26)35-22-3-6-29-28(13-22)34-17-38-29/h1-14,17H,15-16H2,(H,33,35). The summed E-state index contributed by atoms with van der Waals surface area (Å²) in [5.41, 5.74) is 8.90. The predicted octanol–water partition coefficient (Wildman–Crippen LogP) is 6.95. The average molecular weight is 518 g/mol. The molecular formula is C30H20FN5OS. The molecule has 0 saturated carbocycles. The van der Waals surface area contributed by atoms with Gasteiger partial charge in [-0.1, -0.05) is 12.1 Å². The lowest BCUT2D eigenvalue weighted by Crippen LogP contribution is -2.25. The maximum Gasteiger partial charge on any atom is 0.254 e. The van der Waals surface area contributed by atoms with Crippen LogP contribution in [0, 0.1) is 5.82 Å². The Hall–Kier alpha value is -4.69. The number of fused-ring (bicyclic) bond motifs is 3. The van der Waals surface area contributed by atoms with Crippen LogP contribution in [0.15, 0.2) is 90.8 Å². The number of carbonyl (C=O) groups excluding carboxylic acids is 1. The first-order valence-corrected chi connectivity index (χ1v) is 13.0. The summed E-state index contributed by atoms with van der Waals surface area (Å²) < 4.78 is 16.5. The number of hydrogen-bond donors (Lipinski definition) is 1. The molecule has 1 amide bonds. The van der Waals surface area contributed by atoms with Crippen molar-refractivity contribution >= 4 is 49.7 Å². The lowest BCUT2D eigenvalue weighted by molar-refractivity contribution is 0.0751. The summed E-state index contributed by atoms with van der Waals surface area (Å²) in [6, 6.07) is 20.2. The van der Waals surface area contributed by atoms with Crippen molar-refractivity contribution < 1.29 is 9.18 Å². The topological polar surface area (TPSA) is 71.0 Å². The van der Waals surface area contributed by atoms with Crippen LogP contribution in [0.3, 0.4) is 0 Å². The van der Waals surface area contributed by atoms with Crippen molar-refractivity contribution in [3.8, 4) is 11.1 Å². The van der Waals surface area contributed by atoms with Gasteiger partial charge < -0.3 is 10.2 Å². The first-order valence-electron chi connectivity index (χ1n) is 12.1. The van der Waals surface area contributed by atoms with Gasteiger partial charge >= 0.3 is 0 Å². The first kappa shape index (κ1) is 22.5. The summed E-state index contributed by atoms with van der Waals surface area (Å²) in [4.78, 5) is 27.8. The van der Waals surface area contributed by atoms with Gasteiger partial charge in [-0.25, -0.2) is 9.37 Å². The van der Waals surface area contributed by atoms with Gasteiger partial charge in [-0.3, -0.25) is 14.8 Å². The summed E-state index contributed by atoms with van der Waals surface area (Å²) in [7, 11) is 0. The lowest BCUT2D eigenvalue weighted by Gasteiger charge is -2.16. The maximum atomic E-state index is 15.4. The highest BCUT2D eigenvalue weighted by Crippen LogP contribution is 2.33. The molecule has 0 fully saturated rings. The molecule has 0 unspecified atom stereocenters. The Morgan fingerprint density at radius 1 is 0.895 bits per heavy atom. The van der Waals surface area contributed by atoms with E-state index >= 15 is 4.39 Å². The highest BCUT2D eigenvalue weighted by molar-refractivity contribution is 7.16. The largest absolute Gasteiger partial charge is 0.355 e. The van der Waals surface area contributed by atoms with Crippen LogP contribution in [0.25, 0.3) is 32.2 Å². The van der Waals surface area contributed by atoms with Crippen LogP contribution in [0.2, 0.25) is 0 Å². The number of halogens is 1. The summed E-state index contributed by atoms with van der Waals surface area (Å²) >= 11 is 1.60. The van der Waals surface area contributed by atoms with Gasteiger partial charge in [0.25, 0.3) is 5.91 Å². The van der Waals surface area contributed by atoms with Crippen LogP contribution in [0.1, 0.15) is 21.5 Å². The highest BCUT2D eigenvalue weighted by Gasteiger charge is 2.25. The van der Waals surface area contributed by atoms with E-state index in [2.05, 4.69) is 20.3 Å². The molecule has 38 heavy (non-hydrogen) atoms. The van der Waals surface area contributed by atoms with Crippen LogP contribution < -0.4 is 5.32 Å². The maximum absolute atomic E-state index is 15.4. The number of benzene rings is 3. The minimum atomic E-state index is -0.444. The monoisotopic (exact) mass is 517 g/mol. The van der Waals surface area contributed by atoms with Crippen molar-refractivity contribution in [3.05, 3.63) is 113 Å². The first-order chi connectivity index (χ1) is 18.6. The summed E-state index contributed by atoms with van der Waals surface area (Å²) in [6.07, 6.45) is 5.25. The summed E-state index contributed by atoms with van der Waals surface area (Å²) in [5, 5.41) is 4.33. The highest BCUT2D eigenvalue weighted by atomic mass is 32.1. The Kier molecular flexibility index (Phi) is 5.33. The minimum Gasteiger partial charge on any atom is -0.355 e. The zero-order valence-electron chi connectivity index (χ0n) is 20.1. The zero-order valence-corrected chi connectivity index (χ0v) is 20.9. The second-order valence-electron chi connectivity index (χ2n) is 9.25. The van der Waals surface area contributed by atoms with E-state index in [4.69, 9.17) is 0 Å². The van der Waals surface area contributed by atoms with E-state index in [1.165, 1.54) is 6.07 Å². The van der Waals surface area contributed by atoms with Gasteiger partial charge in [0, 0.05) is 59.6 Å². The average Bonchev–Trinajstić information content (AvgIpc) is 3.59. The zero-order chi connectivity index (χ0) is 25.6. The van der Waals surface area contributed by atoms with Crippen molar-refractivity contribution in [2.45, 2.75) is 13.1 Å². The number of nitrogens with zero attached hydrogens (tertiary/aromatic N) is 4. The van der Waals surface area contributed by atoms with Crippen molar-refractivity contribution in [1.82, 2.24) is 19.9 Å². The van der Waals surface area contributed by atoms with Crippen LogP contribution in [-0.4, -0.2) is 25.8 Å². The van der Waals surface area contributed by atoms with E-state index in [0.717, 1.165) is 43.6 Å². The Labute approximate surface area is 221 Å². The second kappa shape index (κ2) is 9.00. The van der Waals surface area contributed by atoms with Gasteiger partial charge in [-0.05, 0) is 71.3 Å². The van der Waals surface area contributed by atoms with E-state index in [1.54, 1.807) is 47.0 Å². The molecule has 0 spiro atoms. The molecule has 184 valence electrons. The number of thiazole rings is 1. The van der Waals surface area contributed by atoms with Gasteiger partial charge in [0.15, 0.2) is 0 Å². The molecule has 3 aromatic heterocycles. The van der Waals surface area contributed by atoms with E-state index in [-0.39, 0.29) is 5.91 Å². The molecule has 0 aliphatic carbocycles. The summed E-state index contributed by atoms with van der Waals surface area (Å²) in [5.74, 6) is -0.640. The quantitative estimate of drug-likeness (QED) is 0.274. The number of hydrogen-bond acceptors (Lipinski definition) is 6. The van der Waals surface area contributed by atoms with Crippen molar-refractivity contribution in [2.75, 3.05) is 5.32 Å². The van der Waals surface area contributed by atoms with Crippen LogP contribution in [0.5, 0.6) is 0 Å². The number of anilines is 2. The number of pyridine rings is 2. The summed E-state index contributed by atoms with van der Waals surface area (Å²) in [6.45, 7) is 0.983. The molecular weight excluding hydrogens is 497 g/mol. The molecule has 1 N–H and O–H groups in total. The van der Waals surface area contributed by atoms with Gasteiger partial charge in [0.1, 0.15) is 5.82 Å². The van der Waals surface area contributed by atoms with Gasteiger partial charge in [-0.15, -0.1) is 11.3 Å². The third-order valence-corrected chi connectivity index (χ3v) is 7.70. The molecule has 8 heteroatoms. The molecule has 4 heterocycles. The molecule has 0 atom stereocenters. The Balaban J connectivity index is 1.19. The number of amides is 1. The van der Waals surface area contributed by atoms with Gasteiger partial charge in [0.2, 0.25) is 0 Å². The molecule has 3 aromatic carbocycles. The molecule has 0 radical (unpaired) electrons. The molecule has 0 bridgehead atoms. The minimum absolute atomic E-state index is 0.196. The fourth-order valence-corrected chi connectivity index (χ4v) is 5.60. The normalized spacial score (nSPS) is 12.7. The van der Waals surface area contributed by atoms with E-state index in [0.29, 0.717) is 29.8 Å². The van der Waals surface area contributed by atoms with Gasteiger partial charge in [-0.2, -0.15) is 0 Å². The third kappa shape index (κ3) is 3.95. The smallest absolute Gasteiger partial charge is 0.254 e. The van der Waals surface area contributed by atoms with Gasteiger partial charge in [0.05, 0.1) is 21.2 Å². The Bertz CT molecular complexity index is 1840. The van der Waals surface area contributed by atoms with E-state index in [9.17, 15) is 4.79 Å².